The SMILES string of the molecule is COc1ccc(Cl)cc1C(O)CN1CCCCC1.Cl. The van der Waals surface area contributed by atoms with E-state index in [1.807, 2.05) is 0 Å². The Bertz CT molecular complexity index is 395. The fourth-order valence-corrected chi connectivity index (χ4v) is 2.63. The quantitative estimate of drug-likeness (QED) is 0.926. The summed E-state index contributed by atoms with van der Waals surface area (Å²) in [6.45, 7) is 2.79. The predicted molar refractivity (Wildman–Crippen MR) is 80.5 cm³/mol. The third-order valence-corrected chi connectivity index (χ3v) is 3.67. The maximum atomic E-state index is 10.3. The molecule has 1 aliphatic rings. The van der Waals surface area contributed by atoms with Crippen molar-refractivity contribution in [3.63, 3.8) is 0 Å². The van der Waals surface area contributed by atoms with Crippen LogP contribution >= 0.6 is 24.0 Å². The van der Waals surface area contributed by atoms with Gasteiger partial charge in [-0.2, -0.15) is 0 Å². The monoisotopic (exact) mass is 305 g/mol. The van der Waals surface area contributed by atoms with E-state index in [1.54, 1.807) is 25.3 Å². The lowest BCUT2D eigenvalue weighted by Crippen LogP contribution is -2.33. The summed E-state index contributed by atoms with van der Waals surface area (Å²) in [5.41, 5.74) is 0.774. The minimum atomic E-state index is -0.545. The number of nitrogens with zero attached hydrogens (tertiary/aromatic N) is 1. The molecule has 19 heavy (non-hydrogen) atoms. The van der Waals surface area contributed by atoms with Gasteiger partial charge in [0.15, 0.2) is 0 Å². The van der Waals surface area contributed by atoms with Crippen molar-refractivity contribution in [3.8, 4) is 5.75 Å². The third kappa shape index (κ3) is 4.53. The van der Waals surface area contributed by atoms with E-state index < -0.39 is 6.10 Å². The Morgan fingerprint density at radius 1 is 1.32 bits per heavy atom. The Kier molecular flexibility index (Phi) is 6.94. The second kappa shape index (κ2) is 7.95. The molecule has 1 fully saturated rings. The number of hydrogen-bond donors (Lipinski definition) is 1. The van der Waals surface area contributed by atoms with E-state index in [4.69, 9.17) is 16.3 Å². The van der Waals surface area contributed by atoms with Crippen molar-refractivity contribution in [2.75, 3.05) is 26.7 Å². The maximum absolute atomic E-state index is 10.3. The summed E-state index contributed by atoms with van der Waals surface area (Å²) < 4.78 is 5.27. The van der Waals surface area contributed by atoms with Gasteiger partial charge in [-0.3, -0.25) is 0 Å². The number of halogens is 2. The first-order chi connectivity index (χ1) is 8.70. The first-order valence-electron chi connectivity index (χ1n) is 6.44. The molecule has 0 saturated carbocycles. The molecular weight excluding hydrogens is 285 g/mol. The van der Waals surface area contributed by atoms with Gasteiger partial charge in [-0.05, 0) is 44.1 Å². The van der Waals surface area contributed by atoms with Crippen molar-refractivity contribution in [3.05, 3.63) is 28.8 Å². The molecule has 1 aromatic carbocycles. The summed E-state index contributed by atoms with van der Waals surface area (Å²) in [5, 5.41) is 11.0. The number of likely N-dealkylation sites (tertiary alicyclic amines) is 1. The fraction of sp³-hybridized carbons (Fsp3) is 0.571. The van der Waals surface area contributed by atoms with Crippen LogP contribution in [0.5, 0.6) is 5.75 Å². The van der Waals surface area contributed by atoms with Crippen molar-refractivity contribution >= 4 is 24.0 Å². The molecule has 0 spiro atoms. The van der Waals surface area contributed by atoms with Gasteiger partial charge in [-0.25, -0.2) is 0 Å². The van der Waals surface area contributed by atoms with Gasteiger partial charge in [0.2, 0.25) is 0 Å². The van der Waals surface area contributed by atoms with Crippen molar-refractivity contribution in [2.45, 2.75) is 25.4 Å². The van der Waals surface area contributed by atoms with Crippen LogP contribution in [0.4, 0.5) is 0 Å². The summed E-state index contributed by atoms with van der Waals surface area (Å²) in [6.07, 6.45) is 3.20. The smallest absolute Gasteiger partial charge is 0.124 e. The van der Waals surface area contributed by atoms with Gasteiger partial charge < -0.3 is 14.7 Å². The van der Waals surface area contributed by atoms with Gasteiger partial charge in [0.25, 0.3) is 0 Å². The highest BCUT2D eigenvalue weighted by molar-refractivity contribution is 6.30. The minimum absolute atomic E-state index is 0. The van der Waals surface area contributed by atoms with Gasteiger partial charge in [-0.15, -0.1) is 12.4 Å². The first kappa shape index (κ1) is 16.6. The van der Waals surface area contributed by atoms with E-state index in [0.717, 1.165) is 18.7 Å². The van der Waals surface area contributed by atoms with Crippen molar-refractivity contribution in [2.24, 2.45) is 0 Å². The van der Waals surface area contributed by atoms with Crippen LogP contribution in [0.2, 0.25) is 5.02 Å². The molecule has 1 heterocycles. The number of methoxy groups -OCH3 is 1. The molecule has 0 radical (unpaired) electrons. The van der Waals surface area contributed by atoms with E-state index in [0.29, 0.717) is 17.3 Å². The Hall–Kier alpha value is -0.480. The standard InChI is InChI=1S/C14H20ClNO2.ClH/c1-18-14-6-5-11(15)9-12(14)13(17)10-16-7-3-2-4-8-16;/h5-6,9,13,17H,2-4,7-8,10H2,1H3;1H. The molecule has 0 aliphatic carbocycles. The fourth-order valence-electron chi connectivity index (χ4n) is 2.45. The molecule has 0 bridgehead atoms. The molecule has 0 amide bonds. The Morgan fingerprint density at radius 2 is 2.00 bits per heavy atom. The number of aliphatic hydroxyl groups excluding tert-OH is 1. The molecule has 2 rings (SSSR count). The van der Waals surface area contributed by atoms with Crippen LogP contribution in [-0.2, 0) is 0 Å². The van der Waals surface area contributed by atoms with E-state index >= 15 is 0 Å². The number of rotatable bonds is 4. The average molecular weight is 306 g/mol. The molecule has 1 aromatic rings. The van der Waals surface area contributed by atoms with Crippen LogP contribution in [0.1, 0.15) is 30.9 Å². The summed E-state index contributed by atoms with van der Waals surface area (Å²) >= 11 is 5.98. The number of piperidine rings is 1. The van der Waals surface area contributed by atoms with Crippen LogP contribution in [0.15, 0.2) is 18.2 Å². The molecule has 1 N–H and O–H groups in total. The number of hydrogen-bond acceptors (Lipinski definition) is 3. The molecule has 108 valence electrons. The lowest BCUT2D eigenvalue weighted by molar-refractivity contribution is 0.0994. The molecule has 1 atom stereocenters. The third-order valence-electron chi connectivity index (χ3n) is 3.43. The second-order valence-electron chi connectivity index (χ2n) is 4.76. The topological polar surface area (TPSA) is 32.7 Å². The number of aliphatic hydroxyl groups is 1. The Labute approximate surface area is 125 Å². The average Bonchev–Trinajstić information content (AvgIpc) is 2.40. The zero-order valence-corrected chi connectivity index (χ0v) is 12.7. The molecule has 0 aromatic heterocycles. The van der Waals surface area contributed by atoms with Crippen LogP contribution < -0.4 is 4.74 Å². The lowest BCUT2D eigenvalue weighted by atomic mass is 10.1. The highest BCUT2D eigenvalue weighted by atomic mass is 35.5. The van der Waals surface area contributed by atoms with Crippen LogP contribution in [0, 0.1) is 0 Å². The molecule has 1 aliphatic heterocycles. The molecule has 1 saturated heterocycles. The van der Waals surface area contributed by atoms with Gasteiger partial charge in [0.1, 0.15) is 5.75 Å². The Balaban J connectivity index is 0.00000180. The highest BCUT2D eigenvalue weighted by Crippen LogP contribution is 2.29. The zero-order valence-electron chi connectivity index (χ0n) is 11.1. The van der Waals surface area contributed by atoms with Gasteiger partial charge in [0, 0.05) is 17.1 Å². The largest absolute Gasteiger partial charge is 0.496 e. The summed E-state index contributed by atoms with van der Waals surface area (Å²) in [7, 11) is 1.61. The predicted octanol–water partition coefficient (Wildman–Crippen LogP) is 3.29. The van der Waals surface area contributed by atoms with Crippen LogP contribution in [0.3, 0.4) is 0 Å². The van der Waals surface area contributed by atoms with Gasteiger partial charge in [0.05, 0.1) is 13.2 Å². The van der Waals surface area contributed by atoms with Crippen molar-refractivity contribution in [1.29, 1.82) is 0 Å². The Morgan fingerprint density at radius 3 is 2.63 bits per heavy atom. The highest BCUT2D eigenvalue weighted by Gasteiger charge is 2.19. The van der Waals surface area contributed by atoms with Gasteiger partial charge in [-0.1, -0.05) is 18.0 Å². The summed E-state index contributed by atoms with van der Waals surface area (Å²) in [5.74, 6) is 0.698. The normalized spacial score (nSPS) is 17.6. The van der Waals surface area contributed by atoms with E-state index in [2.05, 4.69) is 4.90 Å². The first-order valence-corrected chi connectivity index (χ1v) is 6.82. The maximum Gasteiger partial charge on any atom is 0.124 e. The van der Waals surface area contributed by atoms with E-state index in [1.165, 1.54) is 19.3 Å². The molecular formula is C14H21Cl2NO2. The van der Waals surface area contributed by atoms with Crippen LogP contribution in [0.25, 0.3) is 0 Å². The summed E-state index contributed by atoms with van der Waals surface area (Å²) in [6, 6.07) is 5.36. The number of ether oxygens (including phenoxy) is 1. The second-order valence-corrected chi connectivity index (χ2v) is 5.20. The summed E-state index contributed by atoms with van der Waals surface area (Å²) in [4.78, 5) is 2.30. The van der Waals surface area contributed by atoms with E-state index in [9.17, 15) is 5.11 Å². The zero-order chi connectivity index (χ0) is 13.0. The van der Waals surface area contributed by atoms with Gasteiger partial charge >= 0.3 is 0 Å². The van der Waals surface area contributed by atoms with Crippen molar-refractivity contribution < 1.29 is 9.84 Å². The lowest BCUT2D eigenvalue weighted by Gasteiger charge is -2.29. The molecule has 1 unspecified atom stereocenters. The number of benzene rings is 1. The molecule has 3 nitrogen and oxygen atoms in total. The van der Waals surface area contributed by atoms with E-state index in [-0.39, 0.29) is 12.4 Å². The van der Waals surface area contributed by atoms with Crippen LogP contribution in [-0.4, -0.2) is 36.8 Å². The molecule has 5 heteroatoms. The minimum Gasteiger partial charge on any atom is -0.496 e. The number of β-amino-alcohol motifs (C(OH)–C–C–N with tert-alkyl or cyclic N) is 1. The van der Waals surface area contributed by atoms with Crippen molar-refractivity contribution in [1.82, 2.24) is 4.90 Å².